The summed E-state index contributed by atoms with van der Waals surface area (Å²) in [6.45, 7) is 4.01. The number of hydrogen-bond donors (Lipinski definition) is 1. The summed E-state index contributed by atoms with van der Waals surface area (Å²) in [4.78, 5) is 0. The lowest BCUT2D eigenvalue weighted by Gasteiger charge is -2.15. The Kier molecular flexibility index (Phi) is 2.85. The molecule has 0 unspecified atom stereocenters. The zero-order valence-corrected chi connectivity index (χ0v) is 9.36. The number of aromatic hydroxyl groups is 1. The summed E-state index contributed by atoms with van der Waals surface area (Å²) < 4.78 is 5.69. The molecule has 0 bridgehead atoms. The van der Waals surface area contributed by atoms with Gasteiger partial charge in [-0.3, -0.25) is 0 Å². The third-order valence-corrected chi connectivity index (χ3v) is 2.66. The van der Waals surface area contributed by atoms with Gasteiger partial charge in [0.25, 0.3) is 0 Å². The van der Waals surface area contributed by atoms with E-state index >= 15 is 0 Å². The predicted octanol–water partition coefficient (Wildman–Crippen LogP) is 3.13. The van der Waals surface area contributed by atoms with Gasteiger partial charge in [-0.1, -0.05) is 6.07 Å². The first-order valence-corrected chi connectivity index (χ1v) is 5.64. The fourth-order valence-corrected chi connectivity index (χ4v) is 1.73. The summed E-state index contributed by atoms with van der Waals surface area (Å²) in [6.07, 6.45) is 3.68. The maximum absolute atomic E-state index is 9.80. The van der Waals surface area contributed by atoms with E-state index in [-0.39, 0.29) is 6.10 Å². The second-order valence-corrected chi connectivity index (χ2v) is 4.57. The predicted molar refractivity (Wildman–Crippen MR) is 60.3 cm³/mol. The van der Waals surface area contributed by atoms with E-state index in [4.69, 9.17) is 4.74 Å². The van der Waals surface area contributed by atoms with Crippen LogP contribution in [-0.2, 0) is 6.42 Å². The number of hydrogen-bond acceptors (Lipinski definition) is 2. The molecular weight excluding hydrogens is 188 g/mol. The van der Waals surface area contributed by atoms with Crippen LogP contribution < -0.4 is 4.74 Å². The number of phenols is 1. The molecule has 0 spiro atoms. The van der Waals surface area contributed by atoms with E-state index in [1.807, 2.05) is 26.0 Å². The van der Waals surface area contributed by atoms with Crippen molar-refractivity contribution >= 4 is 0 Å². The molecule has 1 saturated carbocycles. The van der Waals surface area contributed by atoms with E-state index in [1.54, 1.807) is 6.07 Å². The van der Waals surface area contributed by atoms with Crippen LogP contribution in [0.1, 0.15) is 32.3 Å². The molecule has 0 amide bonds. The van der Waals surface area contributed by atoms with Crippen LogP contribution in [0, 0.1) is 5.92 Å². The van der Waals surface area contributed by atoms with E-state index < -0.39 is 0 Å². The fourth-order valence-electron chi connectivity index (χ4n) is 1.73. The maximum atomic E-state index is 9.80. The van der Waals surface area contributed by atoms with Crippen LogP contribution in [0.15, 0.2) is 18.2 Å². The largest absolute Gasteiger partial charge is 0.508 e. The Bertz CT molecular complexity index is 340. The molecule has 0 heterocycles. The second kappa shape index (κ2) is 4.13. The highest BCUT2D eigenvalue weighted by atomic mass is 16.5. The third-order valence-electron chi connectivity index (χ3n) is 2.66. The first kappa shape index (κ1) is 10.3. The average Bonchev–Trinajstić information content (AvgIpc) is 2.94. The van der Waals surface area contributed by atoms with Gasteiger partial charge in [-0.25, -0.2) is 0 Å². The highest BCUT2D eigenvalue weighted by Gasteiger charge is 2.24. The standard InChI is InChI=1S/C13H18O2/c1-9(2)15-13-5-3-4-12(14)11(13)8-10-6-7-10/h3-5,9-10,14H,6-8H2,1-2H3. The van der Waals surface area contributed by atoms with Crippen LogP contribution in [-0.4, -0.2) is 11.2 Å². The minimum Gasteiger partial charge on any atom is -0.508 e. The lowest BCUT2D eigenvalue weighted by molar-refractivity contribution is 0.238. The van der Waals surface area contributed by atoms with Crippen molar-refractivity contribution < 1.29 is 9.84 Å². The maximum Gasteiger partial charge on any atom is 0.126 e. The topological polar surface area (TPSA) is 29.5 Å². The minimum atomic E-state index is 0.157. The van der Waals surface area contributed by atoms with Gasteiger partial charge in [-0.2, -0.15) is 0 Å². The Morgan fingerprint density at radius 3 is 2.73 bits per heavy atom. The van der Waals surface area contributed by atoms with Crippen LogP contribution in [0.3, 0.4) is 0 Å². The summed E-state index contributed by atoms with van der Waals surface area (Å²) in [5.41, 5.74) is 0.980. The lowest BCUT2D eigenvalue weighted by atomic mass is 10.1. The molecule has 1 aromatic carbocycles. The van der Waals surface area contributed by atoms with E-state index in [9.17, 15) is 5.11 Å². The molecule has 15 heavy (non-hydrogen) atoms. The first-order chi connectivity index (χ1) is 7.16. The molecule has 1 aliphatic rings. The molecule has 2 heteroatoms. The lowest BCUT2D eigenvalue weighted by Crippen LogP contribution is -2.07. The summed E-state index contributed by atoms with van der Waals surface area (Å²) in [7, 11) is 0. The Morgan fingerprint density at radius 2 is 2.13 bits per heavy atom. The number of phenolic OH excluding ortho intramolecular Hbond substituents is 1. The monoisotopic (exact) mass is 206 g/mol. The minimum absolute atomic E-state index is 0.157. The zero-order chi connectivity index (χ0) is 10.8. The van der Waals surface area contributed by atoms with Gasteiger partial charge in [-0.05, 0) is 51.2 Å². The molecule has 2 rings (SSSR count). The van der Waals surface area contributed by atoms with Crippen LogP contribution in [0.4, 0.5) is 0 Å². The van der Waals surface area contributed by atoms with Gasteiger partial charge >= 0.3 is 0 Å². The van der Waals surface area contributed by atoms with E-state index in [1.165, 1.54) is 12.8 Å². The van der Waals surface area contributed by atoms with Gasteiger partial charge in [0.1, 0.15) is 11.5 Å². The summed E-state index contributed by atoms with van der Waals surface area (Å²) >= 11 is 0. The van der Waals surface area contributed by atoms with Crippen molar-refractivity contribution in [2.24, 2.45) is 5.92 Å². The van der Waals surface area contributed by atoms with Gasteiger partial charge in [0.15, 0.2) is 0 Å². The molecule has 1 aromatic rings. The molecule has 0 aromatic heterocycles. The highest BCUT2D eigenvalue weighted by molar-refractivity contribution is 5.44. The fraction of sp³-hybridized carbons (Fsp3) is 0.538. The van der Waals surface area contributed by atoms with Crippen LogP contribution in [0.2, 0.25) is 0 Å². The van der Waals surface area contributed by atoms with Crippen LogP contribution in [0.25, 0.3) is 0 Å². The van der Waals surface area contributed by atoms with Crippen molar-refractivity contribution in [3.63, 3.8) is 0 Å². The smallest absolute Gasteiger partial charge is 0.126 e. The van der Waals surface area contributed by atoms with E-state index in [0.717, 1.165) is 23.7 Å². The van der Waals surface area contributed by atoms with Crippen LogP contribution >= 0.6 is 0 Å². The Morgan fingerprint density at radius 1 is 1.40 bits per heavy atom. The molecule has 0 aliphatic heterocycles. The van der Waals surface area contributed by atoms with E-state index in [2.05, 4.69) is 0 Å². The van der Waals surface area contributed by atoms with Gasteiger partial charge in [-0.15, -0.1) is 0 Å². The van der Waals surface area contributed by atoms with Crippen molar-refractivity contribution in [1.29, 1.82) is 0 Å². The van der Waals surface area contributed by atoms with Gasteiger partial charge in [0.2, 0.25) is 0 Å². The van der Waals surface area contributed by atoms with Crippen molar-refractivity contribution in [1.82, 2.24) is 0 Å². The molecule has 0 atom stereocenters. The van der Waals surface area contributed by atoms with E-state index in [0.29, 0.717) is 5.75 Å². The summed E-state index contributed by atoms with van der Waals surface area (Å²) in [6, 6.07) is 5.52. The van der Waals surface area contributed by atoms with Gasteiger partial charge in [0, 0.05) is 5.56 Å². The number of rotatable bonds is 4. The van der Waals surface area contributed by atoms with Gasteiger partial charge in [0.05, 0.1) is 6.10 Å². The molecule has 82 valence electrons. The molecule has 2 nitrogen and oxygen atoms in total. The Balaban J connectivity index is 2.21. The molecule has 0 saturated heterocycles. The molecule has 0 radical (unpaired) electrons. The summed E-state index contributed by atoms with van der Waals surface area (Å²) in [5.74, 6) is 1.98. The molecule has 1 fully saturated rings. The SMILES string of the molecule is CC(C)Oc1cccc(O)c1CC1CC1. The molecular formula is C13H18O2. The van der Waals surface area contributed by atoms with Crippen molar-refractivity contribution in [3.8, 4) is 11.5 Å². The third kappa shape index (κ3) is 2.65. The number of ether oxygens (including phenoxy) is 1. The van der Waals surface area contributed by atoms with Crippen molar-refractivity contribution in [3.05, 3.63) is 23.8 Å². The highest BCUT2D eigenvalue weighted by Crippen LogP contribution is 2.38. The Hall–Kier alpha value is -1.18. The van der Waals surface area contributed by atoms with Crippen molar-refractivity contribution in [2.75, 3.05) is 0 Å². The normalized spacial score (nSPS) is 15.7. The molecule has 1 N–H and O–H groups in total. The zero-order valence-electron chi connectivity index (χ0n) is 9.36. The Labute approximate surface area is 90.9 Å². The van der Waals surface area contributed by atoms with Crippen LogP contribution in [0.5, 0.6) is 11.5 Å². The second-order valence-electron chi connectivity index (χ2n) is 4.57. The van der Waals surface area contributed by atoms with Gasteiger partial charge < -0.3 is 9.84 Å². The first-order valence-electron chi connectivity index (χ1n) is 5.64. The quantitative estimate of drug-likeness (QED) is 0.820. The summed E-state index contributed by atoms with van der Waals surface area (Å²) in [5, 5.41) is 9.80. The molecule has 1 aliphatic carbocycles. The number of benzene rings is 1. The average molecular weight is 206 g/mol. The van der Waals surface area contributed by atoms with Crippen molar-refractivity contribution in [2.45, 2.75) is 39.2 Å².